The lowest BCUT2D eigenvalue weighted by molar-refractivity contribution is -0.132. The number of allylic oxidation sites excluding steroid dienone is 5. The first-order valence-corrected chi connectivity index (χ1v) is 13.2. The minimum atomic E-state index is -0.464. The van der Waals surface area contributed by atoms with Crippen LogP contribution in [0.5, 0.6) is 0 Å². The van der Waals surface area contributed by atoms with Crippen molar-refractivity contribution in [3.63, 3.8) is 0 Å². The summed E-state index contributed by atoms with van der Waals surface area (Å²) in [6.45, 7) is 9.06. The number of carbonyl (C=O) groups excluding carboxylic acids is 2. The molecule has 0 aromatic heterocycles. The summed E-state index contributed by atoms with van der Waals surface area (Å²) < 4.78 is 0. The molecule has 1 aliphatic heterocycles. The molecule has 1 amide bonds. The van der Waals surface area contributed by atoms with Gasteiger partial charge in [0.05, 0.1) is 16.0 Å². The number of ketones is 1. The molecule has 1 fully saturated rings. The Morgan fingerprint density at radius 2 is 1.81 bits per heavy atom. The molecule has 0 bridgehead atoms. The number of hydrogen-bond donors (Lipinski definition) is 1. The normalized spacial score (nSPS) is 16.6. The Bertz CT molecular complexity index is 1120. The summed E-state index contributed by atoms with van der Waals surface area (Å²) in [5.74, 6) is -0.142. The van der Waals surface area contributed by atoms with Crippen molar-refractivity contribution in [2.24, 2.45) is 5.92 Å². The first-order valence-electron chi connectivity index (χ1n) is 12.4. The molecule has 1 N–H and O–H groups in total. The zero-order valence-corrected chi connectivity index (χ0v) is 22.4. The van der Waals surface area contributed by atoms with Crippen molar-refractivity contribution >= 4 is 40.6 Å². The maximum Gasteiger partial charge on any atom is 0.222 e. The lowest BCUT2D eigenvalue weighted by Gasteiger charge is -2.40. The Kier molecular flexibility index (Phi) is 10.4. The van der Waals surface area contributed by atoms with Gasteiger partial charge in [0.25, 0.3) is 0 Å². The van der Waals surface area contributed by atoms with Gasteiger partial charge in [0.2, 0.25) is 5.91 Å². The molecule has 36 heavy (non-hydrogen) atoms. The van der Waals surface area contributed by atoms with E-state index in [0.29, 0.717) is 35.1 Å². The summed E-state index contributed by atoms with van der Waals surface area (Å²) in [6.07, 6.45) is 9.26. The Labute approximate surface area is 224 Å². The van der Waals surface area contributed by atoms with Gasteiger partial charge in [-0.1, -0.05) is 91.3 Å². The summed E-state index contributed by atoms with van der Waals surface area (Å²) in [4.78, 5) is 28.3. The topological polar surface area (TPSA) is 49.4 Å². The molecule has 0 saturated carbocycles. The van der Waals surface area contributed by atoms with Crippen LogP contribution in [0, 0.1) is 5.92 Å². The number of piperidine rings is 1. The summed E-state index contributed by atoms with van der Waals surface area (Å²) in [5, 5.41) is 4.57. The highest BCUT2D eigenvalue weighted by molar-refractivity contribution is 6.42. The van der Waals surface area contributed by atoms with Crippen LogP contribution in [-0.4, -0.2) is 35.7 Å². The molecule has 1 saturated heterocycles. The minimum Gasteiger partial charge on any atom is -0.381 e. The SMILES string of the molecule is C=C/C(=C\C=C/C)C(=O)C(c1ccccc1)C(Nc1ccc(Cl)c(Cl)c1)C1CCN(C(=O)CC)CC1. The van der Waals surface area contributed by atoms with E-state index in [9.17, 15) is 9.59 Å². The summed E-state index contributed by atoms with van der Waals surface area (Å²) in [5.41, 5.74) is 2.29. The van der Waals surface area contributed by atoms with Gasteiger partial charge in [0, 0.05) is 36.8 Å². The second-order valence-electron chi connectivity index (χ2n) is 8.98. The smallest absolute Gasteiger partial charge is 0.222 e. The molecule has 2 atom stereocenters. The number of amides is 1. The molecule has 3 rings (SSSR count). The molecule has 190 valence electrons. The van der Waals surface area contributed by atoms with Crippen LogP contribution in [-0.2, 0) is 9.59 Å². The second kappa shape index (κ2) is 13.5. The Balaban J connectivity index is 2.06. The van der Waals surface area contributed by atoms with Crippen LogP contribution in [0.25, 0.3) is 0 Å². The van der Waals surface area contributed by atoms with E-state index in [-0.39, 0.29) is 23.7 Å². The Morgan fingerprint density at radius 1 is 1.11 bits per heavy atom. The highest BCUT2D eigenvalue weighted by atomic mass is 35.5. The predicted molar refractivity (Wildman–Crippen MR) is 151 cm³/mol. The van der Waals surface area contributed by atoms with Gasteiger partial charge >= 0.3 is 0 Å². The molecular weight excluding hydrogens is 491 g/mol. The van der Waals surface area contributed by atoms with Crippen molar-refractivity contribution < 1.29 is 9.59 Å². The van der Waals surface area contributed by atoms with Crippen molar-refractivity contribution in [2.45, 2.75) is 45.1 Å². The molecule has 0 radical (unpaired) electrons. The average Bonchev–Trinajstić information content (AvgIpc) is 2.91. The number of anilines is 1. The van der Waals surface area contributed by atoms with E-state index in [1.54, 1.807) is 18.2 Å². The van der Waals surface area contributed by atoms with Crippen molar-refractivity contribution in [3.8, 4) is 0 Å². The largest absolute Gasteiger partial charge is 0.381 e. The van der Waals surface area contributed by atoms with Crippen LogP contribution in [0.3, 0.4) is 0 Å². The summed E-state index contributed by atoms with van der Waals surface area (Å²) >= 11 is 12.5. The first kappa shape index (κ1) is 27.8. The maximum absolute atomic E-state index is 14.1. The van der Waals surface area contributed by atoms with E-state index in [0.717, 1.165) is 24.1 Å². The molecule has 2 aromatic rings. The van der Waals surface area contributed by atoms with E-state index in [2.05, 4.69) is 11.9 Å². The third-order valence-electron chi connectivity index (χ3n) is 6.73. The van der Waals surface area contributed by atoms with Gasteiger partial charge in [0.1, 0.15) is 0 Å². The third kappa shape index (κ3) is 6.89. The monoisotopic (exact) mass is 524 g/mol. The second-order valence-corrected chi connectivity index (χ2v) is 9.79. The molecule has 0 aliphatic carbocycles. The highest BCUT2D eigenvalue weighted by Gasteiger charge is 2.38. The van der Waals surface area contributed by atoms with E-state index in [4.69, 9.17) is 23.2 Å². The third-order valence-corrected chi connectivity index (χ3v) is 7.47. The van der Waals surface area contributed by atoms with Gasteiger partial charge in [-0.3, -0.25) is 9.59 Å². The number of rotatable bonds is 10. The van der Waals surface area contributed by atoms with E-state index >= 15 is 0 Å². The molecule has 4 nitrogen and oxygen atoms in total. The summed E-state index contributed by atoms with van der Waals surface area (Å²) in [7, 11) is 0. The van der Waals surface area contributed by atoms with Crippen molar-refractivity contribution in [2.75, 3.05) is 18.4 Å². The van der Waals surface area contributed by atoms with Gasteiger partial charge in [-0.05, 0) is 49.4 Å². The van der Waals surface area contributed by atoms with E-state index in [1.165, 1.54) is 0 Å². The fraction of sp³-hybridized carbons (Fsp3) is 0.333. The van der Waals surface area contributed by atoms with Gasteiger partial charge in [0.15, 0.2) is 5.78 Å². The van der Waals surface area contributed by atoms with E-state index < -0.39 is 5.92 Å². The molecule has 1 aliphatic rings. The molecule has 0 spiro atoms. The summed E-state index contributed by atoms with van der Waals surface area (Å²) in [6, 6.07) is 15.1. The van der Waals surface area contributed by atoms with Crippen LogP contribution < -0.4 is 5.32 Å². The van der Waals surface area contributed by atoms with Crippen LogP contribution in [0.2, 0.25) is 10.0 Å². The molecule has 6 heteroatoms. The van der Waals surface area contributed by atoms with Crippen molar-refractivity contribution in [1.29, 1.82) is 0 Å². The van der Waals surface area contributed by atoms with Gasteiger partial charge in [-0.2, -0.15) is 0 Å². The minimum absolute atomic E-state index is 0.000996. The fourth-order valence-electron chi connectivity index (χ4n) is 4.80. The van der Waals surface area contributed by atoms with Crippen LogP contribution in [0.1, 0.15) is 44.6 Å². The zero-order chi connectivity index (χ0) is 26.1. The lowest BCUT2D eigenvalue weighted by atomic mass is 9.75. The number of hydrogen-bond acceptors (Lipinski definition) is 3. The van der Waals surface area contributed by atoms with Crippen LogP contribution >= 0.6 is 23.2 Å². The quantitative estimate of drug-likeness (QED) is 0.259. The number of nitrogens with one attached hydrogen (secondary N) is 1. The maximum atomic E-state index is 14.1. The first-order chi connectivity index (χ1) is 17.4. The average molecular weight is 526 g/mol. The molecule has 2 aromatic carbocycles. The molecule has 2 unspecified atom stereocenters. The number of carbonyl (C=O) groups is 2. The van der Waals surface area contributed by atoms with E-state index in [1.807, 2.05) is 73.4 Å². The molecular formula is C30H34Cl2N2O2. The van der Waals surface area contributed by atoms with Crippen molar-refractivity contribution in [3.05, 3.63) is 101 Å². The van der Waals surface area contributed by atoms with Gasteiger partial charge < -0.3 is 10.2 Å². The predicted octanol–water partition coefficient (Wildman–Crippen LogP) is 7.46. The highest BCUT2D eigenvalue weighted by Crippen LogP contribution is 2.36. The molecule has 1 heterocycles. The van der Waals surface area contributed by atoms with Crippen LogP contribution in [0.4, 0.5) is 5.69 Å². The van der Waals surface area contributed by atoms with Gasteiger partial charge in [-0.25, -0.2) is 0 Å². The number of likely N-dealkylation sites (tertiary alicyclic amines) is 1. The lowest BCUT2D eigenvalue weighted by Crippen LogP contribution is -2.46. The zero-order valence-electron chi connectivity index (χ0n) is 20.9. The van der Waals surface area contributed by atoms with Crippen molar-refractivity contribution in [1.82, 2.24) is 4.90 Å². The van der Waals surface area contributed by atoms with Gasteiger partial charge in [-0.15, -0.1) is 0 Å². The number of halogens is 2. The standard InChI is InChI=1S/C30H34Cl2N2O2/c1-4-7-11-21(5-2)30(36)28(22-12-9-8-10-13-22)29(33-24-14-15-25(31)26(32)20-24)23-16-18-34(19-17-23)27(35)6-3/h4-5,7-15,20,23,28-29,33H,2,6,16-19H2,1,3H3/b7-4-,21-11+. The van der Waals surface area contributed by atoms with Crippen LogP contribution in [0.15, 0.2) is 85.0 Å². The Morgan fingerprint density at radius 3 is 2.39 bits per heavy atom. The number of nitrogens with zero attached hydrogens (tertiary/aromatic N) is 1. The number of Topliss-reactive ketones (excluding diaryl/α,β-unsaturated/α-hetero) is 1. The number of benzene rings is 2. The Hall–Kier alpha value is -2.82. The fourth-order valence-corrected chi connectivity index (χ4v) is 5.09.